The fourth-order valence-corrected chi connectivity index (χ4v) is 2.75. The molecule has 7 heteroatoms. The number of nitrogens with zero attached hydrogens (tertiary/aromatic N) is 2. The van der Waals surface area contributed by atoms with E-state index in [1.807, 2.05) is 18.2 Å². The SMILES string of the molecule is NC(CNc1c([N+](=O)[O-])cnc2ccc(Br)cc12)C1CC1. The van der Waals surface area contributed by atoms with Gasteiger partial charge in [-0.3, -0.25) is 10.1 Å². The first kappa shape index (κ1) is 14.2. The van der Waals surface area contributed by atoms with Gasteiger partial charge in [-0.05, 0) is 37.0 Å². The number of fused-ring (bicyclic) bond motifs is 1. The van der Waals surface area contributed by atoms with Crippen LogP contribution in [0, 0.1) is 16.0 Å². The van der Waals surface area contributed by atoms with Gasteiger partial charge < -0.3 is 11.1 Å². The molecular weight excluding hydrogens is 336 g/mol. The molecule has 6 nitrogen and oxygen atoms in total. The second-order valence-electron chi connectivity index (χ2n) is 5.32. The van der Waals surface area contributed by atoms with Gasteiger partial charge in [-0.15, -0.1) is 0 Å². The quantitative estimate of drug-likeness (QED) is 0.638. The van der Waals surface area contributed by atoms with E-state index in [1.165, 1.54) is 6.20 Å². The number of aromatic nitrogens is 1. The van der Waals surface area contributed by atoms with Crippen LogP contribution in [0.1, 0.15) is 12.8 Å². The van der Waals surface area contributed by atoms with Gasteiger partial charge in [-0.2, -0.15) is 0 Å². The van der Waals surface area contributed by atoms with Gasteiger partial charge >= 0.3 is 5.69 Å². The van der Waals surface area contributed by atoms with E-state index in [-0.39, 0.29) is 11.7 Å². The van der Waals surface area contributed by atoms with Crippen LogP contribution in [0.25, 0.3) is 10.9 Å². The number of nitrogens with one attached hydrogen (secondary N) is 1. The van der Waals surface area contributed by atoms with Crippen molar-refractivity contribution in [3.8, 4) is 0 Å². The van der Waals surface area contributed by atoms with Gasteiger partial charge in [0.2, 0.25) is 0 Å². The highest BCUT2D eigenvalue weighted by atomic mass is 79.9. The molecule has 110 valence electrons. The van der Waals surface area contributed by atoms with E-state index in [9.17, 15) is 10.1 Å². The second-order valence-corrected chi connectivity index (χ2v) is 6.23. The Morgan fingerprint density at radius 2 is 2.29 bits per heavy atom. The smallest absolute Gasteiger partial charge is 0.311 e. The van der Waals surface area contributed by atoms with Gasteiger partial charge in [0.15, 0.2) is 0 Å². The minimum Gasteiger partial charge on any atom is -0.377 e. The molecule has 2 aromatic rings. The van der Waals surface area contributed by atoms with Gasteiger partial charge in [0.25, 0.3) is 0 Å². The van der Waals surface area contributed by atoms with Crippen LogP contribution in [0.4, 0.5) is 11.4 Å². The van der Waals surface area contributed by atoms with E-state index < -0.39 is 4.92 Å². The third-order valence-electron chi connectivity index (χ3n) is 3.75. The average Bonchev–Trinajstić information content (AvgIpc) is 3.28. The standard InChI is InChI=1S/C14H15BrN4O2/c15-9-3-4-12-10(5-9)14(13(7-17-12)19(20)21)18-6-11(16)8-1-2-8/h3-5,7-8,11H,1-2,6,16H2,(H,17,18). The molecule has 1 fully saturated rings. The predicted molar refractivity (Wildman–Crippen MR) is 85.3 cm³/mol. The summed E-state index contributed by atoms with van der Waals surface area (Å²) in [6.07, 6.45) is 3.59. The van der Waals surface area contributed by atoms with Crippen molar-refractivity contribution in [2.75, 3.05) is 11.9 Å². The zero-order valence-corrected chi connectivity index (χ0v) is 12.8. The molecule has 1 aromatic carbocycles. The maximum atomic E-state index is 11.2. The molecule has 3 N–H and O–H groups in total. The number of benzene rings is 1. The number of rotatable bonds is 5. The summed E-state index contributed by atoms with van der Waals surface area (Å²) in [5.74, 6) is 0.538. The summed E-state index contributed by atoms with van der Waals surface area (Å²) < 4.78 is 0.854. The van der Waals surface area contributed by atoms with Gasteiger partial charge in [-0.1, -0.05) is 15.9 Å². The Morgan fingerprint density at radius 3 is 2.95 bits per heavy atom. The Kier molecular flexibility index (Phi) is 3.77. The number of pyridine rings is 1. The van der Waals surface area contributed by atoms with Crippen molar-refractivity contribution < 1.29 is 4.92 Å². The van der Waals surface area contributed by atoms with Crippen LogP contribution >= 0.6 is 15.9 Å². The lowest BCUT2D eigenvalue weighted by atomic mass is 10.1. The Bertz CT molecular complexity index is 703. The number of hydrogen-bond donors (Lipinski definition) is 2. The zero-order chi connectivity index (χ0) is 15.0. The van der Waals surface area contributed by atoms with Crippen LogP contribution in [-0.2, 0) is 0 Å². The van der Waals surface area contributed by atoms with Gasteiger partial charge in [0.05, 0.1) is 10.4 Å². The van der Waals surface area contributed by atoms with Gasteiger partial charge in [-0.25, -0.2) is 4.98 Å². The lowest BCUT2D eigenvalue weighted by Crippen LogP contribution is -2.31. The lowest BCUT2D eigenvalue weighted by Gasteiger charge is -2.14. The molecule has 3 rings (SSSR count). The lowest BCUT2D eigenvalue weighted by molar-refractivity contribution is -0.384. The number of nitrogens with two attached hydrogens (primary N) is 1. The van der Waals surface area contributed by atoms with Gasteiger partial charge in [0, 0.05) is 22.4 Å². The molecule has 0 radical (unpaired) electrons. The summed E-state index contributed by atoms with van der Waals surface area (Å²) >= 11 is 3.39. The van der Waals surface area contributed by atoms with Crippen molar-refractivity contribution >= 4 is 38.2 Å². The monoisotopic (exact) mass is 350 g/mol. The fraction of sp³-hybridized carbons (Fsp3) is 0.357. The first-order chi connectivity index (χ1) is 10.1. The van der Waals surface area contributed by atoms with Crippen molar-refractivity contribution in [2.24, 2.45) is 11.7 Å². The van der Waals surface area contributed by atoms with Crippen molar-refractivity contribution in [2.45, 2.75) is 18.9 Å². The third-order valence-corrected chi connectivity index (χ3v) is 4.24. The van der Waals surface area contributed by atoms with E-state index >= 15 is 0 Å². The van der Waals surface area contributed by atoms with Crippen molar-refractivity contribution in [3.63, 3.8) is 0 Å². The van der Waals surface area contributed by atoms with Crippen molar-refractivity contribution in [1.29, 1.82) is 0 Å². The Balaban J connectivity index is 2.00. The van der Waals surface area contributed by atoms with E-state index in [2.05, 4.69) is 26.2 Å². The fourth-order valence-electron chi connectivity index (χ4n) is 2.39. The molecule has 1 aliphatic carbocycles. The van der Waals surface area contributed by atoms with E-state index in [0.717, 1.165) is 22.7 Å². The second kappa shape index (κ2) is 5.57. The van der Waals surface area contributed by atoms with Gasteiger partial charge in [0.1, 0.15) is 11.9 Å². The highest BCUT2D eigenvalue weighted by molar-refractivity contribution is 9.10. The van der Waals surface area contributed by atoms with E-state index in [0.29, 0.717) is 23.7 Å². The molecule has 1 heterocycles. The van der Waals surface area contributed by atoms with Crippen LogP contribution in [0.5, 0.6) is 0 Å². The summed E-state index contributed by atoms with van der Waals surface area (Å²) in [5, 5.41) is 15.1. The maximum absolute atomic E-state index is 11.2. The van der Waals surface area contributed by atoms with Crippen LogP contribution in [0.3, 0.4) is 0 Å². The largest absolute Gasteiger partial charge is 0.377 e. The normalized spacial score (nSPS) is 15.9. The number of anilines is 1. The van der Waals surface area contributed by atoms with Crippen LogP contribution in [0.2, 0.25) is 0 Å². The highest BCUT2D eigenvalue weighted by Crippen LogP contribution is 2.35. The predicted octanol–water partition coefficient (Wildman–Crippen LogP) is 3.05. The molecule has 1 atom stereocenters. The van der Waals surface area contributed by atoms with Crippen LogP contribution in [0.15, 0.2) is 28.9 Å². The molecular formula is C14H15BrN4O2. The van der Waals surface area contributed by atoms with Crippen molar-refractivity contribution in [3.05, 3.63) is 39.0 Å². The minimum atomic E-state index is -0.418. The molecule has 1 aromatic heterocycles. The molecule has 1 saturated carbocycles. The summed E-state index contributed by atoms with van der Waals surface area (Å²) in [5.41, 5.74) is 7.25. The molecule has 0 bridgehead atoms. The molecule has 1 unspecified atom stereocenters. The Morgan fingerprint density at radius 1 is 1.52 bits per heavy atom. The summed E-state index contributed by atoms with van der Waals surface area (Å²) in [4.78, 5) is 15.0. The number of nitro groups is 1. The Labute approximate surface area is 130 Å². The topological polar surface area (TPSA) is 94.1 Å². The molecule has 0 spiro atoms. The van der Waals surface area contributed by atoms with Crippen LogP contribution < -0.4 is 11.1 Å². The molecule has 1 aliphatic rings. The number of hydrogen-bond acceptors (Lipinski definition) is 5. The van der Waals surface area contributed by atoms with Crippen LogP contribution in [-0.4, -0.2) is 22.5 Å². The summed E-state index contributed by atoms with van der Waals surface area (Å²) in [6.45, 7) is 0.525. The Hall–Kier alpha value is -1.73. The summed E-state index contributed by atoms with van der Waals surface area (Å²) in [7, 11) is 0. The van der Waals surface area contributed by atoms with E-state index in [1.54, 1.807) is 0 Å². The third kappa shape index (κ3) is 2.98. The first-order valence-corrected chi connectivity index (χ1v) is 7.57. The zero-order valence-electron chi connectivity index (χ0n) is 11.3. The highest BCUT2D eigenvalue weighted by Gasteiger charge is 2.29. The minimum absolute atomic E-state index is 0.0244. The van der Waals surface area contributed by atoms with E-state index in [4.69, 9.17) is 5.73 Å². The summed E-state index contributed by atoms with van der Waals surface area (Å²) in [6, 6.07) is 5.55. The molecule has 0 aliphatic heterocycles. The molecule has 0 saturated heterocycles. The first-order valence-electron chi connectivity index (χ1n) is 6.78. The average molecular weight is 351 g/mol. The molecule has 21 heavy (non-hydrogen) atoms. The van der Waals surface area contributed by atoms with Crippen molar-refractivity contribution in [1.82, 2.24) is 4.98 Å². The number of halogens is 1. The maximum Gasteiger partial charge on any atom is 0.311 e. The molecule has 0 amide bonds.